The predicted octanol–water partition coefficient (Wildman–Crippen LogP) is 1.34. The van der Waals surface area contributed by atoms with Crippen molar-refractivity contribution in [2.24, 2.45) is 0 Å². The normalized spacial score (nSPS) is 40.6. The van der Waals surface area contributed by atoms with Crippen molar-refractivity contribution in [1.82, 2.24) is 4.90 Å². The van der Waals surface area contributed by atoms with Crippen molar-refractivity contribution in [2.75, 3.05) is 19.8 Å². The maximum atomic E-state index is 12.7. The van der Waals surface area contributed by atoms with Gasteiger partial charge >= 0.3 is 0 Å². The molecule has 2 fully saturated rings. The number of nitrogens with zero attached hydrogens (tertiary/aromatic N) is 1. The van der Waals surface area contributed by atoms with E-state index in [4.69, 9.17) is 0 Å². The largest absolute Gasteiger partial charge is 0.394 e. The summed E-state index contributed by atoms with van der Waals surface area (Å²) >= 11 is 0. The number of aliphatic hydroxyl groups excluding tert-OH is 1. The fraction of sp³-hybridized carbons (Fsp3) is 1.00. The van der Waals surface area contributed by atoms with Gasteiger partial charge in [-0.1, -0.05) is 6.42 Å². The molecule has 0 unspecified atom stereocenters. The zero-order chi connectivity index (χ0) is 9.31. The second-order valence-electron chi connectivity index (χ2n) is 4.38. The Balaban J connectivity index is 2.14. The summed E-state index contributed by atoms with van der Waals surface area (Å²) in [5, 5.41) is 9.40. The fourth-order valence-electron chi connectivity index (χ4n) is 2.96. The van der Waals surface area contributed by atoms with Crippen LogP contribution in [0.15, 0.2) is 0 Å². The van der Waals surface area contributed by atoms with Crippen LogP contribution in [0.25, 0.3) is 0 Å². The molecular formula is C10H18FNO. The van der Waals surface area contributed by atoms with Crippen LogP contribution in [0.3, 0.4) is 0 Å². The van der Waals surface area contributed by atoms with Crippen molar-refractivity contribution in [1.29, 1.82) is 0 Å². The van der Waals surface area contributed by atoms with E-state index in [1.807, 2.05) is 0 Å². The summed E-state index contributed by atoms with van der Waals surface area (Å²) in [5.74, 6) is 0. The van der Waals surface area contributed by atoms with Crippen LogP contribution in [0.2, 0.25) is 0 Å². The molecular weight excluding hydrogens is 169 g/mol. The van der Waals surface area contributed by atoms with Crippen LogP contribution in [0.4, 0.5) is 4.39 Å². The van der Waals surface area contributed by atoms with Crippen LogP contribution in [0, 0.1) is 0 Å². The third-order valence-corrected chi connectivity index (χ3v) is 3.76. The quantitative estimate of drug-likeness (QED) is 0.705. The molecule has 2 atom stereocenters. The Kier molecular flexibility index (Phi) is 2.56. The zero-order valence-corrected chi connectivity index (χ0v) is 8.01. The van der Waals surface area contributed by atoms with Gasteiger partial charge in [0.15, 0.2) is 0 Å². The van der Waals surface area contributed by atoms with E-state index >= 15 is 0 Å². The lowest BCUT2D eigenvalue weighted by Gasteiger charge is -2.43. The van der Waals surface area contributed by atoms with Crippen LogP contribution < -0.4 is 0 Å². The SMILES string of the molecule is OC[C@@]12CCCCN1[C@H](CF)CC2. The minimum atomic E-state index is -0.248. The van der Waals surface area contributed by atoms with Crippen LogP contribution in [0.5, 0.6) is 0 Å². The van der Waals surface area contributed by atoms with Gasteiger partial charge in [-0.05, 0) is 32.2 Å². The molecule has 0 aromatic carbocycles. The molecule has 0 aliphatic carbocycles. The van der Waals surface area contributed by atoms with E-state index in [2.05, 4.69) is 4.90 Å². The lowest BCUT2D eigenvalue weighted by Crippen LogP contribution is -2.53. The van der Waals surface area contributed by atoms with E-state index in [0.29, 0.717) is 0 Å². The molecule has 2 rings (SSSR count). The molecule has 2 nitrogen and oxygen atoms in total. The monoisotopic (exact) mass is 187 g/mol. The molecule has 0 amide bonds. The summed E-state index contributed by atoms with van der Waals surface area (Å²) in [6.07, 6.45) is 5.32. The van der Waals surface area contributed by atoms with Crippen LogP contribution >= 0.6 is 0 Å². The van der Waals surface area contributed by atoms with E-state index in [9.17, 15) is 9.50 Å². The number of aliphatic hydroxyl groups is 1. The van der Waals surface area contributed by atoms with Gasteiger partial charge in [0.2, 0.25) is 0 Å². The van der Waals surface area contributed by atoms with Crippen molar-refractivity contribution in [3.8, 4) is 0 Å². The van der Waals surface area contributed by atoms with E-state index < -0.39 is 0 Å². The van der Waals surface area contributed by atoms with Gasteiger partial charge in [0.05, 0.1) is 6.61 Å². The second kappa shape index (κ2) is 3.54. The molecule has 0 radical (unpaired) electrons. The Bertz CT molecular complexity index is 188. The molecule has 0 spiro atoms. The standard InChI is InChI=1S/C10H18FNO/c11-7-9-3-5-10(8-13)4-1-2-6-12(9)10/h9,13H,1-8H2/t9-,10-/m0/s1. The number of halogens is 1. The highest BCUT2D eigenvalue weighted by molar-refractivity contribution is 5.02. The topological polar surface area (TPSA) is 23.5 Å². The van der Waals surface area contributed by atoms with Gasteiger partial charge in [0, 0.05) is 11.6 Å². The molecule has 2 saturated heterocycles. The minimum absolute atomic E-state index is 0.0466. The Hall–Kier alpha value is -0.150. The first-order chi connectivity index (χ1) is 6.32. The maximum Gasteiger partial charge on any atom is 0.105 e. The van der Waals surface area contributed by atoms with Crippen molar-refractivity contribution < 1.29 is 9.50 Å². The van der Waals surface area contributed by atoms with E-state index in [1.54, 1.807) is 0 Å². The molecule has 13 heavy (non-hydrogen) atoms. The van der Waals surface area contributed by atoms with Crippen molar-refractivity contribution in [3.05, 3.63) is 0 Å². The minimum Gasteiger partial charge on any atom is -0.394 e. The molecule has 2 aliphatic heterocycles. The Morgan fingerprint density at radius 3 is 2.92 bits per heavy atom. The summed E-state index contributed by atoms with van der Waals surface area (Å²) in [6.45, 7) is 0.945. The zero-order valence-electron chi connectivity index (χ0n) is 8.01. The molecule has 0 aromatic heterocycles. The number of hydrogen-bond acceptors (Lipinski definition) is 2. The van der Waals surface area contributed by atoms with Crippen molar-refractivity contribution in [3.63, 3.8) is 0 Å². The lowest BCUT2D eigenvalue weighted by molar-refractivity contribution is 0.00588. The van der Waals surface area contributed by atoms with E-state index in [-0.39, 0.29) is 24.9 Å². The molecule has 2 heterocycles. The molecule has 3 heteroatoms. The fourth-order valence-corrected chi connectivity index (χ4v) is 2.96. The van der Waals surface area contributed by atoms with Crippen LogP contribution in [-0.2, 0) is 0 Å². The summed E-state index contributed by atoms with van der Waals surface area (Å²) in [7, 11) is 0. The highest BCUT2D eigenvalue weighted by atomic mass is 19.1. The smallest absolute Gasteiger partial charge is 0.105 e. The summed E-state index contributed by atoms with van der Waals surface area (Å²) < 4.78 is 12.7. The van der Waals surface area contributed by atoms with Crippen LogP contribution in [-0.4, -0.2) is 41.4 Å². The molecule has 0 saturated carbocycles. The average molecular weight is 187 g/mol. The number of hydrogen-bond donors (Lipinski definition) is 1. The third-order valence-electron chi connectivity index (χ3n) is 3.76. The molecule has 0 bridgehead atoms. The molecule has 76 valence electrons. The van der Waals surface area contributed by atoms with Crippen molar-refractivity contribution in [2.45, 2.75) is 43.7 Å². The second-order valence-corrected chi connectivity index (χ2v) is 4.38. The molecule has 1 N–H and O–H groups in total. The average Bonchev–Trinajstić information content (AvgIpc) is 2.57. The van der Waals surface area contributed by atoms with E-state index in [0.717, 1.165) is 32.2 Å². The van der Waals surface area contributed by atoms with Gasteiger partial charge in [-0.2, -0.15) is 0 Å². The first-order valence-electron chi connectivity index (χ1n) is 5.26. The van der Waals surface area contributed by atoms with Crippen molar-refractivity contribution >= 4 is 0 Å². The number of piperidine rings is 1. The highest BCUT2D eigenvalue weighted by Crippen LogP contribution is 2.40. The predicted molar refractivity (Wildman–Crippen MR) is 49.4 cm³/mol. The Labute approximate surface area is 78.7 Å². The number of alkyl halides is 1. The van der Waals surface area contributed by atoms with Gasteiger partial charge in [0.25, 0.3) is 0 Å². The van der Waals surface area contributed by atoms with Gasteiger partial charge < -0.3 is 5.11 Å². The van der Waals surface area contributed by atoms with Gasteiger partial charge in [-0.3, -0.25) is 4.90 Å². The number of rotatable bonds is 2. The van der Waals surface area contributed by atoms with Gasteiger partial charge in [0.1, 0.15) is 6.67 Å². The first-order valence-corrected chi connectivity index (χ1v) is 5.26. The summed E-state index contributed by atoms with van der Waals surface area (Å²) in [6, 6.07) is 0.0902. The van der Waals surface area contributed by atoms with Gasteiger partial charge in [-0.15, -0.1) is 0 Å². The lowest BCUT2D eigenvalue weighted by atomic mass is 9.87. The molecule has 0 aromatic rings. The molecule has 2 aliphatic rings. The Morgan fingerprint density at radius 1 is 1.38 bits per heavy atom. The first kappa shape index (κ1) is 9.41. The van der Waals surface area contributed by atoms with E-state index in [1.165, 1.54) is 6.42 Å². The number of fused-ring (bicyclic) bond motifs is 1. The highest BCUT2D eigenvalue weighted by Gasteiger charge is 2.46. The summed E-state index contributed by atoms with van der Waals surface area (Å²) in [4.78, 5) is 2.22. The third kappa shape index (κ3) is 1.38. The summed E-state index contributed by atoms with van der Waals surface area (Å²) in [5.41, 5.74) is -0.0466. The Morgan fingerprint density at radius 2 is 2.23 bits per heavy atom. The van der Waals surface area contributed by atoms with Crippen LogP contribution in [0.1, 0.15) is 32.1 Å². The van der Waals surface area contributed by atoms with Gasteiger partial charge in [-0.25, -0.2) is 4.39 Å². The maximum absolute atomic E-state index is 12.7.